The number of alkyl halides is 6. The van der Waals surface area contributed by atoms with E-state index < -0.39 is 31.0 Å². The van der Waals surface area contributed by atoms with E-state index in [1.807, 2.05) is 0 Å². The van der Waals surface area contributed by atoms with Crippen LogP contribution < -0.4 is 4.74 Å². The molecule has 0 aliphatic rings. The maximum absolute atomic E-state index is 13.9. The molecule has 166 valence electrons. The molecule has 2 aromatic carbocycles. The lowest BCUT2D eigenvalue weighted by atomic mass is 10.1. The Labute approximate surface area is 170 Å². The van der Waals surface area contributed by atoms with Gasteiger partial charge in [0, 0.05) is 6.61 Å². The highest BCUT2D eigenvalue weighted by Gasteiger charge is 2.71. The highest BCUT2D eigenvalue weighted by molar-refractivity contribution is 5.64. The largest absolute Gasteiger partial charge is 0.508 e. The molecular formula is C21H22F6O3. The minimum atomic E-state index is -5.65. The number of phenols is 1. The normalized spacial score (nSPS) is 12.8. The fraction of sp³-hybridized carbons (Fsp3) is 0.429. The zero-order chi connectivity index (χ0) is 22.4. The SMILES string of the molecule is CCCCOCC(F)(F)C(F)(F)C(F)(F)COc1ccc(-c2ccc(O)cc2)cc1. The predicted molar refractivity (Wildman–Crippen MR) is 99.6 cm³/mol. The van der Waals surface area contributed by atoms with Crippen molar-refractivity contribution in [2.45, 2.75) is 37.5 Å². The topological polar surface area (TPSA) is 38.7 Å². The number of halogens is 6. The summed E-state index contributed by atoms with van der Waals surface area (Å²) < 4.78 is 91.9. The average Bonchev–Trinajstić information content (AvgIpc) is 2.70. The second-order valence-corrected chi connectivity index (χ2v) is 6.75. The van der Waals surface area contributed by atoms with Gasteiger partial charge in [0.15, 0.2) is 6.61 Å². The van der Waals surface area contributed by atoms with Gasteiger partial charge in [-0.1, -0.05) is 37.6 Å². The first kappa shape index (κ1) is 23.9. The summed E-state index contributed by atoms with van der Waals surface area (Å²) in [6.45, 7) is -2.23. The molecule has 0 atom stereocenters. The molecule has 0 aromatic heterocycles. The van der Waals surface area contributed by atoms with Crippen LogP contribution in [0.3, 0.4) is 0 Å². The smallest absolute Gasteiger partial charge is 0.377 e. The lowest BCUT2D eigenvalue weighted by Crippen LogP contribution is -2.58. The fourth-order valence-electron chi connectivity index (χ4n) is 2.47. The molecule has 0 unspecified atom stereocenters. The van der Waals surface area contributed by atoms with Crippen molar-refractivity contribution in [3.8, 4) is 22.6 Å². The first-order valence-corrected chi connectivity index (χ1v) is 9.23. The van der Waals surface area contributed by atoms with Crippen molar-refractivity contribution < 1.29 is 40.9 Å². The van der Waals surface area contributed by atoms with Gasteiger partial charge < -0.3 is 14.6 Å². The van der Waals surface area contributed by atoms with Crippen LogP contribution >= 0.6 is 0 Å². The molecule has 0 spiro atoms. The van der Waals surface area contributed by atoms with E-state index in [1.165, 1.54) is 36.4 Å². The summed E-state index contributed by atoms with van der Waals surface area (Å²) in [6.07, 6.45) is 0.929. The minimum Gasteiger partial charge on any atom is -0.508 e. The first-order valence-electron chi connectivity index (χ1n) is 9.23. The summed E-state index contributed by atoms with van der Waals surface area (Å²) in [5, 5.41) is 9.28. The highest BCUT2D eigenvalue weighted by atomic mass is 19.3. The van der Waals surface area contributed by atoms with Gasteiger partial charge in [-0.2, -0.15) is 26.3 Å². The number of rotatable bonds is 11. The second kappa shape index (κ2) is 9.59. The summed E-state index contributed by atoms with van der Waals surface area (Å²) in [4.78, 5) is 0. The van der Waals surface area contributed by atoms with Gasteiger partial charge in [0.1, 0.15) is 18.1 Å². The Morgan fingerprint density at radius 1 is 0.767 bits per heavy atom. The lowest BCUT2D eigenvalue weighted by molar-refractivity contribution is -0.324. The van der Waals surface area contributed by atoms with E-state index in [0.717, 1.165) is 0 Å². The molecular weight excluding hydrogens is 414 g/mol. The predicted octanol–water partition coefficient (Wildman–Crippen LogP) is 6.16. The molecule has 9 heteroatoms. The van der Waals surface area contributed by atoms with Crippen molar-refractivity contribution in [1.29, 1.82) is 0 Å². The molecule has 2 rings (SSSR count). The van der Waals surface area contributed by atoms with Crippen molar-refractivity contribution in [3.63, 3.8) is 0 Å². The molecule has 0 aliphatic carbocycles. The van der Waals surface area contributed by atoms with E-state index in [4.69, 9.17) is 0 Å². The van der Waals surface area contributed by atoms with Gasteiger partial charge in [0.25, 0.3) is 0 Å². The molecule has 30 heavy (non-hydrogen) atoms. The van der Waals surface area contributed by atoms with Crippen LogP contribution in [-0.2, 0) is 4.74 Å². The third kappa shape index (κ3) is 5.59. The Morgan fingerprint density at radius 3 is 1.80 bits per heavy atom. The van der Waals surface area contributed by atoms with Gasteiger partial charge in [-0.25, -0.2) is 0 Å². The van der Waals surface area contributed by atoms with E-state index in [0.29, 0.717) is 24.0 Å². The molecule has 3 nitrogen and oxygen atoms in total. The van der Waals surface area contributed by atoms with Crippen molar-refractivity contribution in [1.82, 2.24) is 0 Å². The monoisotopic (exact) mass is 436 g/mol. The van der Waals surface area contributed by atoms with Gasteiger partial charge in [-0.05, 0) is 41.8 Å². The molecule has 0 bridgehead atoms. The number of aromatic hydroxyl groups is 1. The van der Waals surface area contributed by atoms with Crippen LogP contribution in [0.2, 0.25) is 0 Å². The number of hydrogen-bond donors (Lipinski definition) is 1. The van der Waals surface area contributed by atoms with Crippen LogP contribution in [0.5, 0.6) is 11.5 Å². The maximum atomic E-state index is 13.9. The third-order valence-corrected chi connectivity index (χ3v) is 4.32. The number of benzene rings is 2. The van der Waals surface area contributed by atoms with E-state index in [1.54, 1.807) is 19.1 Å². The summed E-state index contributed by atoms with van der Waals surface area (Å²) in [5.41, 5.74) is 1.36. The van der Waals surface area contributed by atoms with Crippen molar-refractivity contribution in [2.24, 2.45) is 0 Å². The molecule has 2 aromatic rings. The Balaban J connectivity index is 2.01. The maximum Gasteiger partial charge on any atom is 0.377 e. The standard InChI is InChI=1S/C21H22F6O3/c1-2-3-12-29-13-19(22,23)21(26,27)20(24,25)14-30-18-10-6-16(7-11-18)15-4-8-17(28)9-5-15/h4-11,28H,2-3,12-14H2,1H3. The van der Waals surface area contributed by atoms with Crippen LogP contribution in [0.25, 0.3) is 11.1 Å². The zero-order valence-corrected chi connectivity index (χ0v) is 16.2. The van der Waals surface area contributed by atoms with Gasteiger partial charge in [-0.3, -0.25) is 0 Å². The molecule has 0 aliphatic heterocycles. The molecule has 0 saturated carbocycles. The molecule has 0 heterocycles. The highest BCUT2D eigenvalue weighted by Crippen LogP contribution is 2.46. The summed E-state index contributed by atoms with van der Waals surface area (Å²) >= 11 is 0. The second-order valence-electron chi connectivity index (χ2n) is 6.75. The van der Waals surface area contributed by atoms with Gasteiger partial charge >= 0.3 is 17.8 Å². The Morgan fingerprint density at radius 2 is 1.27 bits per heavy atom. The van der Waals surface area contributed by atoms with Crippen LogP contribution in [0.1, 0.15) is 19.8 Å². The average molecular weight is 436 g/mol. The van der Waals surface area contributed by atoms with Crippen molar-refractivity contribution in [2.75, 3.05) is 19.8 Å². The van der Waals surface area contributed by atoms with Crippen molar-refractivity contribution in [3.05, 3.63) is 48.5 Å². The van der Waals surface area contributed by atoms with Gasteiger partial charge in [0.2, 0.25) is 0 Å². The van der Waals surface area contributed by atoms with Crippen molar-refractivity contribution >= 4 is 0 Å². The van der Waals surface area contributed by atoms with Crippen LogP contribution in [0.4, 0.5) is 26.3 Å². The fourth-order valence-corrected chi connectivity index (χ4v) is 2.47. The zero-order valence-electron chi connectivity index (χ0n) is 16.2. The van der Waals surface area contributed by atoms with E-state index >= 15 is 0 Å². The van der Waals surface area contributed by atoms with Crippen LogP contribution in [0.15, 0.2) is 48.5 Å². The molecule has 0 fully saturated rings. The van der Waals surface area contributed by atoms with E-state index in [9.17, 15) is 31.4 Å². The quantitative estimate of drug-likeness (QED) is 0.339. The number of unbranched alkanes of at least 4 members (excludes halogenated alkanes) is 1. The molecule has 0 radical (unpaired) electrons. The molecule has 0 saturated heterocycles. The van der Waals surface area contributed by atoms with Gasteiger partial charge in [-0.15, -0.1) is 0 Å². The number of hydrogen-bond acceptors (Lipinski definition) is 3. The Kier molecular flexibility index (Phi) is 7.63. The lowest BCUT2D eigenvalue weighted by Gasteiger charge is -2.32. The number of ether oxygens (including phenoxy) is 2. The van der Waals surface area contributed by atoms with Crippen LogP contribution in [0, 0.1) is 0 Å². The Bertz CT molecular complexity index is 791. The summed E-state index contributed by atoms with van der Waals surface area (Å²) in [7, 11) is 0. The minimum absolute atomic E-state index is 0.0643. The molecule has 1 N–H and O–H groups in total. The van der Waals surface area contributed by atoms with Gasteiger partial charge in [0.05, 0.1) is 0 Å². The van der Waals surface area contributed by atoms with E-state index in [2.05, 4.69) is 9.47 Å². The summed E-state index contributed by atoms with van der Waals surface area (Å²) in [5.74, 6) is -16.0. The van der Waals surface area contributed by atoms with Crippen LogP contribution in [-0.4, -0.2) is 42.7 Å². The molecule has 0 amide bonds. The Hall–Kier alpha value is -2.42. The summed E-state index contributed by atoms with van der Waals surface area (Å²) in [6, 6.07) is 11.6. The third-order valence-electron chi connectivity index (χ3n) is 4.32. The van der Waals surface area contributed by atoms with E-state index in [-0.39, 0.29) is 18.1 Å². The first-order chi connectivity index (χ1) is 14.0. The number of phenolic OH excluding ortho intramolecular Hbond substituents is 1.